The van der Waals surface area contributed by atoms with Gasteiger partial charge in [0.05, 0.1) is 20.3 Å². The number of anilines is 1. The van der Waals surface area contributed by atoms with Gasteiger partial charge in [-0.15, -0.1) is 0 Å². The molecule has 0 aliphatic carbocycles. The summed E-state index contributed by atoms with van der Waals surface area (Å²) in [5.41, 5.74) is 5.55. The first kappa shape index (κ1) is 21.8. The van der Waals surface area contributed by atoms with Gasteiger partial charge >= 0.3 is 0 Å². The quantitative estimate of drug-likeness (QED) is 0.563. The van der Waals surface area contributed by atoms with Crippen molar-refractivity contribution in [2.45, 2.75) is 32.4 Å². The van der Waals surface area contributed by atoms with Crippen molar-refractivity contribution < 1.29 is 14.3 Å². The summed E-state index contributed by atoms with van der Waals surface area (Å²) in [6, 6.07) is 22.1. The van der Waals surface area contributed by atoms with Crippen molar-refractivity contribution in [1.29, 1.82) is 0 Å². The number of fused-ring (bicyclic) bond motifs is 1. The second-order valence-electron chi connectivity index (χ2n) is 8.16. The Labute approximate surface area is 190 Å². The fourth-order valence-corrected chi connectivity index (χ4v) is 4.24. The number of hydrogen-bond acceptors (Lipinski definition) is 4. The molecule has 0 saturated carbocycles. The molecule has 0 aromatic heterocycles. The normalized spacial score (nSPS) is 13.8. The van der Waals surface area contributed by atoms with E-state index in [2.05, 4.69) is 34.5 Å². The number of carbonyl (C=O) groups excluding carboxylic acids is 1. The second-order valence-corrected chi connectivity index (χ2v) is 8.16. The highest BCUT2D eigenvalue weighted by Gasteiger charge is 2.17. The van der Waals surface area contributed by atoms with E-state index in [1.54, 1.807) is 14.2 Å². The minimum Gasteiger partial charge on any atom is -0.493 e. The van der Waals surface area contributed by atoms with Gasteiger partial charge in [0.2, 0.25) is 0 Å². The molecule has 1 aliphatic heterocycles. The highest BCUT2D eigenvalue weighted by atomic mass is 16.5. The summed E-state index contributed by atoms with van der Waals surface area (Å²) in [6.07, 6.45) is 2.32. The van der Waals surface area contributed by atoms with Crippen molar-refractivity contribution in [3.05, 3.63) is 89.0 Å². The molecular weight excluding hydrogens is 400 g/mol. The SMILES string of the molecule is COc1ccc([C@H](C)NC(=O)c2ccc(CN3CCCc4ccccc43)cc2)cc1OC. The van der Waals surface area contributed by atoms with E-state index in [-0.39, 0.29) is 11.9 Å². The summed E-state index contributed by atoms with van der Waals surface area (Å²) in [6.45, 7) is 3.87. The Morgan fingerprint density at radius 1 is 1.00 bits per heavy atom. The van der Waals surface area contributed by atoms with Crippen LogP contribution in [0.2, 0.25) is 0 Å². The lowest BCUT2D eigenvalue weighted by molar-refractivity contribution is 0.0940. The maximum Gasteiger partial charge on any atom is 0.251 e. The summed E-state index contributed by atoms with van der Waals surface area (Å²) in [4.78, 5) is 15.2. The number of amides is 1. The number of benzene rings is 3. The van der Waals surface area contributed by atoms with E-state index in [1.807, 2.05) is 49.4 Å². The van der Waals surface area contributed by atoms with E-state index >= 15 is 0 Å². The molecule has 1 aliphatic rings. The zero-order chi connectivity index (χ0) is 22.5. The number of hydrogen-bond donors (Lipinski definition) is 1. The first-order chi connectivity index (χ1) is 15.6. The van der Waals surface area contributed by atoms with Crippen LogP contribution in [0.15, 0.2) is 66.7 Å². The lowest BCUT2D eigenvalue weighted by atomic mass is 10.0. The van der Waals surface area contributed by atoms with Gasteiger partial charge in [0.15, 0.2) is 11.5 Å². The Hall–Kier alpha value is -3.47. The van der Waals surface area contributed by atoms with Crippen LogP contribution in [0.3, 0.4) is 0 Å². The molecule has 3 aromatic rings. The number of aryl methyl sites for hydroxylation is 1. The van der Waals surface area contributed by atoms with Crippen LogP contribution in [0.4, 0.5) is 5.69 Å². The maximum atomic E-state index is 12.8. The molecule has 4 rings (SSSR count). The van der Waals surface area contributed by atoms with Gasteiger partial charge in [-0.3, -0.25) is 4.79 Å². The highest BCUT2D eigenvalue weighted by molar-refractivity contribution is 5.94. The van der Waals surface area contributed by atoms with E-state index in [0.717, 1.165) is 25.1 Å². The van der Waals surface area contributed by atoms with Gasteiger partial charge in [-0.25, -0.2) is 0 Å². The van der Waals surface area contributed by atoms with Gasteiger partial charge in [0.1, 0.15) is 0 Å². The summed E-state index contributed by atoms with van der Waals surface area (Å²) in [5, 5.41) is 3.07. The Kier molecular flexibility index (Phi) is 6.64. The predicted molar refractivity (Wildman–Crippen MR) is 128 cm³/mol. The first-order valence-electron chi connectivity index (χ1n) is 11.0. The molecule has 1 atom stereocenters. The number of nitrogens with one attached hydrogen (secondary N) is 1. The van der Waals surface area contributed by atoms with E-state index in [1.165, 1.54) is 23.2 Å². The van der Waals surface area contributed by atoms with Gasteiger partial charge in [0, 0.05) is 24.3 Å². The molecule has 0 fully saturated rings. The van der Waals surface area contributed by atoms with Crippen molar-refractivity contribution in [3.8, 4) is 11.5 Å². The van der Waals surface area contributed by atoms with E-state index < -0.39 is 0 Å². The van der Waals surface area contributed by atoms with Crippen molar-refractivity contribution in [1.82, 2.24) is 5.32 Å². The van der Waals surface area contributed by atoms with Crippen LogP contribution in [-0.4, -0.2) is 26.7 Å². The lowest BCUT2D eigenvalue weighted by Gasteiger charge is -2.31. The van der Waals surface area contributed by atoms with Crippen molar-refractivity contribution in [2.75, 3.05) is 25.7 Å². The smallest absolute Gasteiger partial charge is 0.251 e. The minimum absolute atomic E-state index is 0.0952. The summed E-state index contributed by atoms with van der Waals surface area (Å²) in [5.74, 6) is 1.22. The third-order valence-corrected chi connectivity index (χ3v) is 6.05. The number of methoxy groups -OCH3 is 2. The molecule has 32 heavy (non-hydrogen) atoms. The molecule has 0 bridgehead atoms. The molecule has 1 amide bonds. The average Bonchev–Trinajstić information content (AvgIpc) is 2.84. The molecule has 1 heterocycles. The van der Waals surface area contributed by atoms with Crippen molar-refractivity contribution in [3.63, 3.8) is 0 Å². The Bertz CT molecular complexity index is 1080. The van der Waals surface area contributed by atoms with Crippen LogP contribution < -0.4 is 19.7 Å². The third kappa shape index (κ3) is 4.72. The average molecular weight is 431 g/mol. The van der Waals surface area contributed by atoms with Gasteiger partial charge in [-0.1, -0.05) is 36.4 Å². The molecule has 5 heteroatoms. The van der Waals surface area contributed by atoms with Crippen LogP contribution in [0.25, 0.3) is 0 Å². The standard InChI is InChI=1S/C27H30N2O3/c1-19(23-14-15-25(31-2)26(17-23)32-3)28-27(30)22-12-10-20(11-13-22)18-29-16-6-8-21-7-4-5-9-24(21)29/h4-5,7,9-15,17,19H,6,8,16,18H2,1-3H3,(H,28,30)/t19-/m0/s1. The number of rotatable bonds is 7. The molecule has 5 nitrogen and oxygen atoms in total. The largest absolute Gasteiger partial charge is 0.493 e. The third-order valence-electron chi connectivity index (χ3n) is 6.05. The second kappa shape index (κ2) is 9.77. The zero-order valence-electron chi connectivity index (χ0n) is 18.9. The first-order valence-corrected chi connectivity index (χ1v) is 11.0. The van der Waals surface area contributed by atoms with E-state index in [9.17, 15) is 4.79 Å². The van der Waals surface area contributed by atoms with Gasteiger partial charge in [-0.05, 0) is 66.8 Å². The van der Waals surface area contributed by atoms with Crippen LogP contribution in [0, 0.1) is 0 Å². The van der Waals surface area contributed by atoms with E-state index in [4.69, 9.17) is 9.47 Å². The Morgan fingerprint density at radius 2 is 1.75 bits per heavy atom. The van der Waals surface area contributed by atoms with Gasteiger partial charge in [-0.2, -0.15) is 0 Å². The number of carbonyl (C=O) groups is 1. The Morgan fingerprint density at radius 3 is 2.50 bits per heavy atom. The number of para-hydroxylation sites is 1. The number of nitrogens with zero attached hydrogens (tertiary/aromatic N) is 1. The predicted octanol–water partition coefficient (Wildman–Crippen LogP) is 5.15. The number of ether oxygens (including phenoxy) is 2. The summed E-state index contributed by atoms with van der Waals surface area (Å²) < 4.78 is 10.7. The molecule has 0 unspecified atom stereocenters. The monoisotopic (exact) mass is 430 g/mol. The lowest BCUT2D eigenvalue weighted by Crippen LogP contribution is -2.29. The van der Waals surface area contributed by atoms with Gasteiger partial charge in [0.25, 0.3) is 5.91 Å². The van der Waals surface area contributed by atoms with Crippen LogP contribution >= 0.6 is 0 Å². The fourth-order valence-electron chi connectivity index (χ4n) is 4.24. The van der Waals surface area contributed by atoms with Crippen molar-refractivity contribution in [2.24, 2.45) is 0 Å². The zero-order valence-corrected chi connectivity index (χ0v) is 18.9. The minimum atomic E-state index is -0.160. The molecular formula is C27H30N2O3. The fraction of sp³-hybridized carbons (Fsp3) is 0.296. The van der Waals surface area contributed by atoms with Crippen LogP contribution in [0.5, 0.6) is 11.5 Å². The molecule has 0 saturated heterocycles. The highest BCUT2D eigenvalue weighted by Crippen LogP contribution is 2.30. The molecule has 1 N–H and O–H groups in total. The van der Waals surface area contributed by atoms with Gasteiger partial charge < -0.3 is 19.7 Å². The topological polar surface area (TPSA) is 50.8 Å². The molecule has 0 spiro atoms. The maximum absolute atomic E-state index is 12.8. The molecule has 0 radical (unpaired) electrons. The van der Waals surface area contributed by atoms with Crippen molar-refractivity contribution >= 4 is 11.6 Å². The molecule has 166 valence electrons. The molecule has 3 aromatic carbocycles. The summed E-state index contributed by atoms with van der Waals surface area (Å²) >= 11 is 0. The van der Waals surface area contributed by atoms with Crippen LogP contribution in [-0.2, 0) is 13.0 Å². The van der Waals surface area contributed by atoms with E-state index in [0.29, 0.717) is 17.1 Å². The Balaban J connectivity index is 1.40. The van der Waals surface area contributed by atoms with Crippen LogP contribution in [0.1, 0.15) is 46.4 Å². The summed E-state index contributed by atoms with van der Waals surface area (Å²) in [7, 11) is 3.21.